The number of likely N-dealkylation sites (tertiary alicyclic amines) is 1. The van der Waals surface area contributed by atoms with Gasteiger partial charge in [0.15, 0.2) is 5.84 Å². The van der Waals surface area contributed by atoms with Crippen LogP contribution in [0.1, 0.15) is 38.5 Å². The van der Waals surface area contributed by atoms with Crippen LogP contribution in [-0.4, -0.2) is 40.8 Å². The van der Waals surface area contributed by atoms with Crippen molar-refractivity contribution in [1.29, 1.82) is 0 Å². The highest BCUT2D eigenvalue weighted by Gasteiger charge is 2.48. The van der Waals surface area contributed by atoms with Crippen LogP contribution in [0.2, 0.25) is 0 Å². The number of oxime groups is 1. The van der Waals surface area contributed by atoms with Gasteiger partial charge < -0.3 is 21.6 Å². The summed E-state index contributed by atoms with van der Waals surface area (Å²) in [7, 11) is 0. The largest absolute Gasteiger partial charge is 0.409 e. The van der Waals surface area contributed by atoms with Crippen molar-refractivity contribution in [3.63, 3.8) is 0 Å². The molecular weight excluding hydrogens is 260 g/mol. The zero-order chi connectivity index (χ0) is 14.8. The van der Waals surface area contributed by atoms with Crippen LogP contribution in [0.15, 0.2) is 5.16 Å². The number of rotatable bonds is 3. The van der Waals surface area contributed by atoms with E-state index in [0.717, 1.165) is 12.8 Å². The molecule has 5 N–H and O–H groups in total. The van der Waals surface area contributed by atoms with Crippen molar-refractivity contribution in [2.75, 3.05) is 13.1 Å². The highest BCUT2D eigenvalue weighted by atomic mass is 16.4. The summed E-state index contributed by atoms with van der Waals surface area (Å²) in [5.41, 5.74) is 10.2. The average Bonchev–Trinajstić information content (AvgIpc) is 2.96. The second-order valence-corrected chi connectivity index (χ2v) is 5.74. The molecule has 0 atom stereocenters. The summed E-state index contributed by atoms with van der Waals surface area (Å²) in [4.78, 5) is 25.6. The highest BCUT2D eigenvalue weighted by Crippen LogP contribution is 2.40. The molecule has 0 bridgehead atoms. The second-order valence-electron chi connectivity index (χ2n) is 5.74. The molecule has 2 amide bonds. The number of amidine groups is 1. The quantitative estimate of drug-likeness (QED) is 0.292. The van der Waals surface area contributed by atoms with Crippen LogP contribution >= 0.6 is 0 Å². The number of primary amides is 1. The normalized spacial score (nSPS) is 23.8. The topological polar surface area (TPSA) is 122 Å². The smallest absolute Gasteiger partial charge is 0.236 e. The lowest BCUT2D eigenvalue weighted by atomic mass is 9.82. The molecule has 0 unspecified atom stereocenters. The monoisotopic (exact) mass is 282 g/mol. The number of hydrogen-bond acceptors (Lipinski definition) is 4. The molecule has 1 saturated carbocycles. The van der Waals surface area contributed by atoms with Gasteiger partial charge in [-0.1, -0.05) is 18.0 Å². The lowest BCUT2D eigenvalue weighted by Gasteiger charge is -2.37. The van der Waals surface area contributed by atoms with Crippen LogP contribution in [-0.2, 0) is 9.59 Å². The predicted octanol–water partition coefficient (Wildman–Crippen LogP) is 0.0171. The Labute approximate surface area is 118 Å². The molecule has 2 rings (SSSR count). The predicted molar refractivity (Wildman–Crippen MR) is 72.8 cm³/mol. The second kappa shape index (κ2) is 5.68. The van der Waals surface area contributed by atoms with Crippen LogP contribution < -0.4 is 11.5 Å². The Kier molecular flexibility index (Phi) is 4.15. The van der Waals surface area contributed by atoms with Gasteiger partial charge in [0.2, 0.25) is 11.8 Å². The average molecular weight is 282 g/mol. The summed E-state index contributed by atoms with van der Waals surface area (Å²) in [6.45, 7) is 1.01. The molecule has 112 valence electrons. The van der Waals surface area contributed by atoms with E-state index in [9.17, 15) is 9.59 Å². The Morgan fingerprint density at radius 1 is 1.15 bits per heavy atom. The van der Waals surface area contributed by atoms with Gasteiger partial charge in [-0.25, -0.2) is 0 Å². The van der Waals surface area contributed by atoms with E-state index in [1.165, 1.54) is 0 Å². The maximum atomic E-state index is 12.7. The fraction of sp³-hybridized carbons (Fsp3) is 0.769. The van der Waals surface area contributed by atoms with Gasteiger partial charge in [-0.3, -0.25) is 9.59 Å². The first-order chi connectivity index (χ1) is 9.51. The molecule has 1 heterocycles. The number of carbonyl (C=O) groups is 2. The van der Waals surface area contributed by atoms with E-state index in [0.29, 0.717) is 38.8 Å². The van der Waals surface area contributed by atoms with Gasteiger partial charge in [0.05, 0.1) is 0 Å². The zero-order valence-electron chi connectivity index (χ0n) is 11.5. The third kappa shape index (κ3) is 2.44. The molecule has 0 spiro atoms. The Bertz CT molecular complexity index is 421. The first-order valence-corrected chi connectivity index (χ1v) is 7.08. The van der Waals surface area contributed by atoms with Crippen LogP contribution in [0, 0.1) is 11.3 Å². The molecule has 7 nitrogen and oxygen atoms in total. The van der Waals surface area contributed by atoms with Crippen LogP contribution in [0.4, 0.5) is 0 Å². The first kappa shape index (κ1) is 14.6. The minimum Gasteiger partial charge on any atom is -0.409 e. The number of nitrogens with two attached hydrogens (primary N) is 2. The summed E-state index contributed by atoms with van der Waals surface area (Å²) in [6.07, 6.45) is 4.23. The van der Waals surface area contributed by atoms with Gasteiger partial charge in [-0.2, -0.15) is 0 Å². The Balaban J connectivity index is 2.09. The van der Waals surface area contributed by atoms with E-state index in [2.05, 4.69) is 5.16 Å². The van der Waals surface area contributed by atoms with Crippen molar-refractivity contribution in [3.05, 3.63) is 0 Å². The highest BCUT2D eigenvalue weighted by molar-refractivity contribution is 6.07. The molecule has 20 heavy (non-hydrogen) atoms. The molecule has 2 aliphatic rings. The SMILES string of the molecule is NC(=O)C1CCN(C(=O)C2(C(N)=NO)CCCC2)CC1. The van der Waals surface area contributed by atoms with Gasteiger partial charge in [0.25, 0.3) is 0 Å². The van der Waals surface area contributed by atoms with Crippen molar-refractivity contribution in [3.8, 4) is 0 Å². The molecule has 0 aromatic heterocycles. The van der Waals surface area contributed by atoms with E-state index in [-0.39, 0.29) is 23.6 Å². The van der Waals surface area contributed by atoms with Crippen molar-refractivity contribution >= 4 is 17.6 Å². The van der Waals surface area contributed by atoms with Crippen LogP contribution in [0.3, 0.4) is 0 Å². The molecule has 0 aromatic carbocycles. The number of carbonyl (C=O) groups excluding carboxylic acids is 2. The number of piperidine rings is 1. The summed E-state index contributed by atoms with van der Waals surface area (Å²) >= 11 is 0. The summed E-state index contributed by atoms with van der Waals surface area (Å²) in [6, 6.07) is 0. The molecular formula is C13H22N4O3. The summed E-state index contributed by atoms with van der Waals surface area (Å²) in [5.74, 6) is -0.517. The maximum Gasteiger partial charge on any atom is 0.236 e. The first-order valence-electron chi connectivity index (χ1n) is 7.08. The Morgan fingerprint density at radius 3 is 2.15 bits per heavy atom. The minimum atomic E-state index is -0.853. The summed E-state index contributed by atoms with van der Waals surface area (Å²) in [5, 5.41) is 12.0. The molecule has 1 aliphatic carbocycles. The van der Waals surface area contributed by atoms with Gasteiger partial charge in [-0.15, -0.1) is 0 Å². The van der Waals surface area contributed by atoms with Crippen molar-refractivity contribution in [2.24, 2.45) is 28.0 Å². The standard InChI is InChI=1S/C13H22N4O3/c14-10(18)9-3-7-17(8-4-9)12(19)13(11(15)16-20)5-1-2-6-13/h9,20H,1-8H2,(H2,14,18)(H2,15,16). The van der Waals surface area contributed by atoms with Crippen molar-refractivity contribution < 1.29 is 14.8 Å². The van der Waals surface area contributed by atoms with E-state index < -0.39 is 5.41 Å². The fourth-order valence-corrected chi connectivity index (χ4v) is 3.32. The molecule has 7 heteroatoms. The third-order valence-corrected chi connectivity index (χ3v) is 4.65. The number of amides is 2. The van der Waals surface area contributed by atoms with Crippen LogP contribution in [0.25, 0.3) is 0 Å². The number of hydrogen-bond donors (Lipinski definition) is 3. The lowest BCUT2D eigenvalue weighted by molar-refractivity contribution is -0.141. The molecule has 0 radical (unpaired) electrons. The summed E-state index contributed by atoms with van der Waals surface area (Å²) < 4.78 is 0. The Hall–Kier alpha value is -1.79. The third-order valence-electron chi connectivity index (χ3n) is 4.65. The van der Waals surface area contributed by atoms with Gasteiger partial charge in [0, 0.05) is 19.0 Å². The molecule has 1 saturated heterocycles. The van der Waals surface area contributed by atoms with E-state index in [1.807, 2.05) is 0 Å². The number of nitrogens with zero attached hydrogens (tertiary/aromatic N) is 2. The molecule has 1 aliphatic heterocycles. The van der Waals surface area contributed by atoms with E-state index in [4.69, 9.17) is 16.7 Å². The molecule has 0 aromatic rings. The fourth-order valence-electron chi connectivity index (χ4n) is 3.32. The lowest BCUT2D eigenvalue weighted by Crippen LogP contribution is -2.52. The van der Waals surface area contributed by atoms with E-state index >= 15 is 0 Å². The van der Waals surface area contributed by atoms with Gasteiger partial charge in [0.1, 0.15) is 5.41 Å². The maximum absolute atomic E-state index is 12.7. The molecule has 2 fully saturated rings. The van der Waals surface area contributed by atoms with Gasteiger partial charge in [-0.05, 0) is 25.7 Å². The van der Waals surface area contributed by atoms with Gasteiger partial charge >= 0.3 is 0 Å². The Morgan fingerprint density at radius 2 is 1.70 bits per heavy atom. The van der Waals surface area contributed by atoms with Crippen molar-refractivity contribution in [2.45, 2.75) is 38.5 Å². The minimum absolute atomic E-state index is 0.0111. The van der Waals surface area contributed by atoms with Crippen LogP contribution in [0.5, 0.6) is 0 Å². The van der Waals surface area contributed by atoms with Crippen molar-refractivity contribution in [1.82, 2.24) is 4.90 Å². The van der Waals surface area contributed by atoms with E-state index in [1.54, 1.807) is 4.90 Å². The zero-order valence-corrected chi connectivity index (χ0v) is 11.5.